The van der Waals surface area contributed by atoms with Crippen LogP contribution in [0.2, 0.25) is 10.3 Å². The van der Waals surface area contributed by atoms with Crippen LogP contribution in [-0.2, 0) is 6.18 Å². The van der Waals surface area contributed by atoms with Crippen molar-refractivity contribution in [1.82, 2.24) is 15.3 Å². The molecule has 2 aromatic heterocycles. The van der Waals surface area contributed by atoms with Gasteiger partial charge in [0.1, 0.15) is 10.3 Å². The zero-order valence-corrected chi connectivity index (χ0v) is 12.5. The van der Waals surface area contributed by atoms with Gasteiger partial charge < -0.3 is 0 Å². The Hall–Kier alpha value is -2.19. The van der Waals surface area contributed by atoms with Gasteiger partial charge in [0.15, 0.2) is 0 Å². The van der Waals surface area contributed by atoms with E-state index in [1.165, 1.54) is 0 Å². The van der Waals surface area contributed by atoms with Gasteiger partial charge in [-0.3, -0.25) is 19.9 Å². The first kappa shape index (κ1) is 17.2. The van der Waals surface area contributed by atoms with Crippen LogP contribution in [0.25, 0.3) is 0 Å². The topological polar surface area (TPSA) is 72.0 Å². The first-order chi connectivity index (χ1) is 10.7. The lowest BCUT2D eigenvalue weighted by atomic mass is 10.1. The van der Waals surface area contributed by atoms with Gasteiger partial charge in [-0.05, 0) is 18.2 Å². The predicted octanol–water partition coefficient (Wildman–Crippen LogP) is 3.37. The lowest BCUT2D eigenvalue weighted by molar-refractivity contribution is -0.138. The Morgan fingerprint density at radius 3 is 2.26 bits per heavy atom. The lowest BCUT2D eigenvalue weighted by Crippen LogP contribution is -2.32. The molecule has 0 fully saturated rings. The number of carbonyl (C=O) groups excluding carboxylic acids is 2. The predicted molar refractivity (Wildman–Crippen MR) is 75.3 cm³/mol. The molecule has 0 saturated heterocycles. The van der Waals surface area contributed by atoms with Crippen LogP contribution in [0.1, 0.15) is 26.3 Å². The number of pyridine rings is 2. The van der Waals surface area contributed by atoms with Crippen molar-refractivity contribution in [3.63, 3.8) is 0 Å². The summed E-state index contributed by atoms with van der Waals surface area (Å²) in [4.78, 5) is 30.9. The number of rotatable bonds is 2. The maximum atomic E-state index is 12.8. The van der Waals surface area contributed by atoms with E-state index in [4.69, 9.17) is 23.2 Å². The van der Waals surface area contributed by atoms with E-state index in [2.05, 4.69) is 9.97 Å². The summed E-state index contributed by atoms with van der Waals surface area (Å²) < 4.78 is 38.5. The van der Waals surface area contributed by atoms with Gasteiger partial charge in [-0.15, -0.1) is 0 Å². The summed E-state index contributed by atoms with van der Waals surface area (Å²) in [6, 6.07) is 2.87. The van der Waals surface area contributed by atoms with E-state index in [1.807, 2.05) is 5.32 Å². The zero-order valence-electron chi connectivity index (χ0n) is 11.0. The molecule has 0 aliphatic carbocycles. The lowest BCUT2D eigenvalue weighted by Gasteiger charge is -2.11. The molecular weight excluding hydrogens is 358 g/mol. The van der Waals surface area contributed by atoms with E-state index < -0.39 is 29.1 Å². The molecule has 2 rings (SSSR count). The maximum Gasteiger partial charge on any atom is 0.417 e. The molecule has 0 aliphatic rings. The number of imide groups is 1. The molecule has 0 bridgehead atoms. The summed E-state index contributed by atoms with van der Waals surface area (Å²) >= 11 is 11.2. The first-order valence-electron chi connectivity index (χ1n) is 5.88. The fourth-order valence-electron chi connectivity index (χ4n) is 1.66. The summed E-state index contributed by atoms with van der Waals surface area (Å²) in [6.45, 7) is 0. The van der Waals surface area contributed by atoms with Crippen molar-refractivity contribution in [2.24, 2.45) is 0 Å². The number of hydrogen-bond acceptors (Lipinski definition) is 4. The third-order valence-electron chi connectivity index (χ3n) is 2.62. The fourth-order valence-corrected chi connectivity index (χ4v) is 2.12. The number of halogens is 5. The van der Waals surface area contributed by atoms with Crippen LogP contribution in [0.3, 0.4) is 0 Å². The van der Waals surface area contributed by atoms with Crippen LogP contribution in [-0.4, -0.2) is 21.8 Å². The third kappa shape index (κ3) is 4.17. The van der Waals surface area contributed by atoms with Gasteiger partial charge in [0.25, 0.3) is 11.8 Å². The molecule has 0 atom stereocenters. The van der Waals surface area contributed by atoms with Crippen LogP contribution in [0.15, 0.2) is 30.6 Å². The minimum atomic E-state index is -4.76. The van der Waals surface area contributed by atoms with E-state index in [-0.39, 0.29) is 15.9 Å². The van der Waals surface area contributed by atoms with Gasteiger partial charge in [0, 0.05) is 18.0 Å². The number of alkyl halides is 3. The van der Waals surface area contributed by atoms with Gasteiger partial charge >= 0.3 is 6.18 Å². The van der Waals surface area contributed by atoms with E-state index in [1.54, 1.807) is 0 Å². The van der Waals surface area contributed by atoms with Crippen LogP contribution < -0.4 is 5.32 Å². The standard InChI is InChI=1S/C13H6Cl2F3N3O2/c14-9-3-6(4-10(15)20-9)11(22)21-12(23)7-5-19-2-1-8(7)13(16,17)18/h1-5H,(H,21,22,23). The second-order valence-electron chi connectivity index (χ2n) is 4.20. The molecule has 0 aromatic carbocycles. The van der Waals surface area contributed by atoms with E-state index in [0.717, 1.165) is 24.5 Å². The van der Waals surface area contributed by atoms with Crippen molar-refractivity contribution in [3.05, 3.63) is 57.6 Å². The van der Waals surface area contributed by atoms with Crippen molar-refractivity contribution in [2.45, 2.75) is 6.18 Å². The third-order valence-corrected chi connectivity index (χ3v) is 3.01. The number of amides is 2. The van der Waals surface area contributed by atoms with Crippen LogP contribution in [0.5, 0.6) is 0 Å². The Morgan fingerprint density at radius 1 is 1.09 bits per heavy atom. The minimum absolute atomic E-state index is 0.104. The Balaban J connectivity index is 2.28. The molecule has 2 aromatic rings. The Labute approximate surface area is 137 Å². The molecule has 5 nitrogen and oxygen atoms in total. The van der Waals surface area contributed by atoms with Crippen molar-refractivity contribution < 1.29 is 22.8 Å². The van der Waals surface area contributed by atoms with Crippen molar-refractivity contribution in [3.8, 4) is 0 Å². The molecule has 2 amide bonds. The molecular formula is C13H6Cl2F3N3O2. The smallest absolute Gasteiger partial charge is 0.288 e. The molecule has 0 radical (unpaired) electrons. The number of aromatic nitrogens is 2. The van der Waals surface area contributed by atoms with Gasteiger partial charge in [-0.25, -0.2) is 4.98 Å². The molecule has 0 spiro atoms. The van der Waals surface area contributed by atoms with Crippen molar-refractivity contribution in [1.29, 1.82) is 0 Å². The Kier molecular flexibility index (Phi) is 4.86. The molecule has 0 unspecified atom stereocenters. The largest absolute Gasteiger partial charge is 0.417 e. The number of nitrogens with zero attached hydrogens (tertiary/aromatic N) is 2. The van der Waals surface area contributed by atoms with Gasteiger partial charge in [0.2, 0.25) is 0 Å². The fraction of sp³-hybridized carbons (Fsp3) is 0.0769. The van der Waals surface area contributed by atoms with Gasteiger partial charge in [0.05, 0.1) is 11.1 Å². The molecule has 10 heteroatoms. The Morgan fingerprint density at radius 2 is 1.70 bits per heavy atom. The SMILES string of the molecule is O=C(NC(=O)c1cnccc1C(F)(F)F)c1cc(Cl)nc(Cl)c1. The minimum Gasteiger partial charge on any atom is -0.288 e. The Bertz CT molecular complexity index is 761. The highest BCUT2D eigenvalue weighted by Gasteiger charge is 2.35. The summed E-state index contributed by atoms with van der Waals surface area (Å²) in [6.07, 6.45) is -3.15. The van der Waals surface area contributed by atoms with E-state index >= 15 is 0 Å². The average molecular weight is 364 g/mol. The molecule has 120 valence electrons. The van der Waals surface area contributed by atoms with E-state index in [9.17, 15) is 22.8 Å². The summed E-state index contributed by atoms with van der Waals surface area (Å²) in [7, 11) is 0. The zero-order chi connectivity index (χ0) is 17.2. The van der Waals surface area contributed by atoms with Gasteiger partial charge in [-0.2, -0.15) is 13.2 Å². The molecule has 23 heavy (non-hydrogen) atoms. The molecule has 0 saturated carbocycles. The number of nitrogens with one attached hydrogen (secondary N) is 1. The number of hydrogen-bond donors (Lipinski definition) is 1. The second kappa shape index (κ2) is 6.51. The quantitative estimate of drug-likeness (QED) is 0.655. The summed E-state index contributed by atoms with van der Waals surface area (Å²) in [5.41, 5.74) is -2.11. The van der Waals surface area contributed by atoms with E-state index in [0.29, 0.717) is 6.07 Å². The summed E-state index contributed by atoms with van der Waals surface area (Å²) in [5.74, 6) is -2.22. The molecule has 0 aliphatic heterocycles. The highest BCUT2D eigenvalue weighted by Crippen LogP contribution is 2.31. The van der Waals surface area contributed by atoms with Gasteiger partial charge in [-0.1, -0.05) is 23.2 Å². The van der Waals surface area contributed by atoms with Crippen molar-refractivity contribution >= 4 is 35.0 Å². The number of carbonyl (C=O) groups is 2. The first-order valence-corrected chi connectivity index (χ1v) is 6.64. The van der Waals surface area contributed by atoms with Crippen LogP contribution in [0.4, 0.5) is 13.2 Å². The average Bonchev–Trinajstić information content (AvgIpc) is 2.45. The van der Waals surface area contributed by atoms with Crippen molar-refractivity contribution in [2.75, 3.05) is 0 Å². The molecule has 2 heterocycles. The molecule has 1 N–H and O–H groups in total. The van der Waals surface area contributed by atoms with Crippen LogP contribution >= 0.6 is 23.2 Å². The maximum absolute atomic E-state index is 12.8. The van der Waals surface area contributed by atoms with Crippen LogP contribution in [0, 0.1) is 0 Å². The second-order valence-corrected chi connectivity index (χ2v) is 4.98. The summed E-state index contributed by atoms with van der Waals surface area (Å²) in [5, 5.41) is 1.61. The normalized spacial score (nSPS) is 11.2. The monoisotopic (exact) mass is 363 g/mol. The highest BCUT2D eigenvalue weighted by atomic mass is 35.5. The highest BCUT2D eigenvalue weighted by molar-refractivity contribution is 6.33.